The lowest BCUT2D eigenvalue weighted by atomic mass is 10.1. The Morgan fingerprint density at radius 1 is 1.75 bits per heavy atom. The van der Waals surface area contributed by atoms with Crippen LogP contribution in [0.15, 0.2) is 6.20 Å². The van der Waals surface area contributed by atoms with E-state index in [1.54, 1.807) is 17.9 Å². The van der Waals surface area contributed by atoms with Crippen LogP contribution in [-0.4, -0.2) is 22.1 Å². The molecule has 1 rings (SSSR count). The van der Waals surface area contributed by atoms with E-state index in [4.69, 9.17) is 5.73 Å². The van der Waals surface area contributed by atoms with Crippen molar-refractivity contribution in [3.8, 4) is 0 Å². The Morgan fingerprint density at radius 3 is 2.83 bits per heavy atom. The molecule has 1 heterocycles. The second kappa shape index (κ2) is 3.49. The molecular weight excluding hydrogens is 154 g/mol. The van der Waals surface area contributed by atoms with Gasteiger partial charge in [-0.05, 0) is 13.5 Å². The van der Waals surface area contributed by atoms with Gasteiger partial charge in [-0.2, -0.15) is 5.10 Å². The van der Waals surface area contributed by atoms with E-state index in [2.05, 4.69) is 5.10 Å². The van der Waals surface area contributed by atoms with Crippen LogP contribution in [0.1, 0.15) is 22.5 Å². The molecule has 0 aliphatic rings. The Hall–Kier alpha value is -1.16. The maximum Gasteiger partial charge on any atom is 0.167 e. The van der Waals surface area contributed by atoms with E-state index in [0.717, 1.165) is 5.69 Å². The highest BCUT2D eigenvalue weighted by molar-refractivity contribution is 5.96. The molecule has 0 atom stereocenters. The van der Waals surface area contributed by atoms with Crippen molar-refractivity contribution in [3.63, 3.8) is 0 Å². The van der Waals surface area contributed by atoms with E-state index in [-0.39, 0.29) is 5.78 Å². The standard InChI is InChI=1S/C8H13N3O/c1-6-7(5-11(2)10-6)8(12)3-4-9/h5H,3-4,9H2,1-2H3. The number of hydrogen-bond donors (Lipinski definition) is 1. The van der Waals surface area contributed by atoms with E-state index in [0.29, 0.717) is 18.5 Å². The van der Waals surface area contributed by atoms with Gasteiger partial charge in [-0.3, -0.25) is 9.48 Å². The van der Waals surface area contributed by atoms with E-state index in [1.807, 2.05) is 6.92 Å². The van der Waals surface area contributed by atoms with Crippen molar-refractivity contribution in [3.05, 3.63) is 17.5 Å². The summed E-state index contributed by atoms with van der Waals surface area (Å²) in [6, 6.07) is 0. The third-order valence-corrected chi connectivity index (χ3v) is 1.69. The monoisotopic (exact) mass is 167 g/mol. The average Bonchev–Trinajstić information content (AvgIpc) is 2.30. The molecule has 0 aliphatic carbocycles. The van der Waals surface area contributed by atoms with Crippen LogP contribution in [0.25, 0.3) is 0 Å². The maximum absolute atomic E-state index is 11.3. The number of carbonyl (C=O) groups excluding carboxylic acids is 1. The Labute approximate surface area is 71.4 Å². The molecule has 0 aromatic carbocycles. The Morgan fingerprint density at radius 2 is 2.42 bits per heavy atom. The fourth-order valence-corrected chi connectivity index (χ4v) is 1.14. The van der Waals surface area contributed by atoms with Gasteiger partial charge in [0.2, 0.25) is 0 Å². The molecule has 2 N–H and O–H groups in total. The lowest BCUT2D eigenvalue weighted by Crippen LogP contribution is -2.08. The number of ketones is 1. The third-order valence-electron chi connectivity index (χ3n) is 1.69. The number of rotatable bonds is 3. The van der Waals surface area contributed by atoms with Gasteiger partial charge in [0.1, 0.15) is 0 Å². The fraction of sp³-hybridized carbons (Fsp3) is 0.500. The Balaban J connectivity index is 2.87. The van der Waals surface area contributed by atoms with Crippen LogP contribution in [0, 0.1) is 6.92 Å². The molecule has 0 saturated heterocycles. The topological polar surface area (TPSA) is 60.9 Å². The lowest BCUT2D eigenvalue weighted by molar-refractivity contribution is 0.0985. The molecule has 1 aromatic heterocycles. The molecular formula is C8H13N3O. The summed E-state index contributed by atoms with van der Waals surface area (Å²) < 4.78 is 1.64. The number of nitrogens with two attached hydrogens (primary N) is 1. The predicted octanol–water partition coefficient (Wildman–Crippen LogP) is 0.260. The van der Waals surface area contributed by atoms with E-state index >= 15 is 0 Å². The summed E-state index contributed by atoms with van der Waals surface area (Å²) in [5, 5.41) is 4.07. The number of carbonyl (C=O) groups is 1. The van der Waals surface area contributed by atoms with Crippen LogP contribution >= 0.6 is 0 Å². The first kappa shape index (κ1) is 8.93. The van der Waals surface area contributed by atoms with Gasteiger partial charge in [0.25, 0.3) is 0 Å². The number of aromatic nitrogens is 2. The van der Waals surface area contributed by atoms with E-state index in [1.165, 1.54) is 0 Å². The molecule has 4 heteroatoms. The highest BCUT2D eigenvalue weighted by Gasteiger charge is 2.10. The first-order valence-electron chi connectivity index (χ1n) is 3.88. The number of nitrogens with zero attached hydrogens (tertiary/aromatic N) is 2. The summed E-state index contributed by atoms with van der Waals surface area (Å²) in [6.07, 6.45) is 2.12. The highest BCUT2D eigenvalue weighted by Crippen LogP contribution is 2.06. The molecule has 66 valence electrons. The van der Waals surface area contributed by atoms with Crippen molar-refractivity contribution in [2.75, 3.05) is 6.54 Å². The van der Waals surface area contributed by atoms with Crippen molar-refractivity contribution in [2.24, 2.45) is 12.8 Å². The molecule has 0 saturated carbocycles. The number of aryl methyl sites for hydroxylation is 2. The molecule has 0 spiro atoms. The van der Waals surface area contributed by atoms with Crippen LogP contribution in [-0.2, 0) is 7.05 Å². The fourth-order valence-electron chi connectivity index (χ4n) is 1.14. The lowest BCUT2D eigenvalue weighted by Gasteiger charge is -1.93. The van der Waals surface area contributed by atoms with Crippen LogP contribution in [0.2, 0.25) is 0 Å². The van der Waals surface area contributed by atoms with Gasteiger partial charge >= 0.3 is 0 Å². The zero-order valence-electron chi connectivity index (χ0n) is 7.37. The average molecular weight is 167 g/mol. The van der Waals surface area contributed by atoms with Gasteiger partial charge in [0, 0.05) is 19.7 Å². The maximum atomic E-state index is 11.3. The SMILES string of the molecule is Cc1nn(C)cc1C(=O)CCN. The summed E-state index contributed by atoms with van der Waals surface area (Å²) in [4.78, 5) is 11.3. The van der Waals surface area contributed by atoms with Crippen LogP contribution in [0.5, 0.6) is 0 Å². The molecule has 0 bridgehead atoms. The molecule has 0 fully saturated rings. The van der Waals surface area contributed by atoms with Gasteiger partial charge < -0.3 is 5.73 Å². The number of Topliss-reactive ketones (excluding diaryl/α,β-unsaturated/α-hetero) is 1. The molecule has 0 aliphatic heterocycles. The minimum absolute atomic E-state index is 0.0723. The molecule has 0 radical (unpaired) electrons. The minimum atomic E-state index is 0.0723. The normalized spacial score (nSPS) is 10.2. The first-order valence-corrected chi connectivity index (χ1v) is 3.88. The quantitative estimate of drug-likeness (QED) is 0.657. The van der Waals surface area contributed by atoms with Gasteiger partial charge in [-0.25, -0.2) is 0 Å². The first-order chi connectivity index (χ1) is 5.65. The smallest absolute Gasteiger partial charge is 0.167 e. The largest absolute Gasteiger partial charge is 0.330 e. The second-order valence-corrected chi connectivity index (χ2v) is 2.76. The summed E-state index contributed by atoms with van der Waals surface area (Å²) in [5.41, 5.74) is 6.73. The summed E-state index contributed by atoms with van der Waals surface area (Å²) in [5.74, 6) is 0.0723. The van der Waals surface area contributed by atoms with Crippen LogP contribution in [0.4, 0.5) is 0 Å². The zero-order valence-corrected chi connectivity index (χ0v) is 7.37. The highest BCUT2D eigenvalue weighted by atomic mass is 16.1. The van der Waals surface area contributed by atoms with Crippen molar-refractivity contribution >= 4 is 5.78 Å². The second-order valence-electron chi connectivity index (χ2n) is 2.76. The van der Waals surface area contributed by atoms with Gasteiger partial charge in [-0.1, -0.05) is 0 Å². The molecule has 4 nitrogen and oxygen atoms in total. The molecule has 0 amide bonds. The number of hydrogen-bond acceptors (Lipinski definition) is 3. The van der Waals surface area contributed by atoms with Gasteiger partial charge in [0.15, 0.2) is 5.78 Å². The summed E-state index contributed by atoms with van der Waals surface area (Å²) in [6.45, 7) is 2.22. The van der Waals surface area contributed by atoms with Crippen LogP contribution < -0.4 is 5.73 Å². The van der Waals surface area contributed by atoms with E-state index in [9.17, 15) is 4.79 Å². The van der Waals surface area contributed by atoms with Crippen molar-refractivity contribution in [1.82, 2.24) is 9.78 Å². The summed E-state index contributed by atoms with van der Waals surface area (Å²) in [7, 11) is 1.80. The zero-order chi connectivity index (χ0) is 9.14. The minimum Gasteiger partial charge on any atom is -0.330 e. The van der Waals surface area contributed by atoms with Crippen LogP contribution in [0.3, 0.4) is 0 Å². The molecule has 0 unspecified atom stereocenters. The van der Waals surface area contributed by atoms with Gasteiger partial charge in [-0.15, -0.1) is 0 Å². The Kier molecular flexibility index (Phi) is 2.60. The predicted molar refractivity (Wildman–Crippen MR) is 45.9 cm³/mol. The summed E-state index contributed by atoms with van der Waals surface area (Å²) >= 11 is 0. The third kappa shape index (κ3) is 1.71. The Bertz CT molecular complexity index is 290. The van der Waals surface area contributed by atoms with E-state index < -0.39 is 0 Å². The molecule has 12 heavy (non-hydrogen) atoms. The van der Waals surface area contributed by atoms with Crippen molar-refractivity contribution < 1.29 is 4.79 Å². The molecule has 1 aromatic rings. The van der Waals surface area contributed by atoms with Crippen molar-refractivity contribution in [2.45, 2.75) is 13.3 Å². The van der Waals surface area contributed by atoms with Crippen molar-refractivity contribution in [1.29, 1.82) is 0 Å². The van der Waals surface area contributed by atoms with Gasteiger partial charge in [0.05, 0.1) is 11.3 Å².